The molecule has 0 saturated heterocycles. The van der Waals surface area contributed by atoms with Crippen LogP contribution in [0.15, 0.2) is 42.6 Å². The molecule has 0 radical (unpaired) electrons. The molecular weight excluding hydrogens is 290 g/mol. The van der Waals surface area contributed by atoms with E-state index in [4.69, 9.17) is 4.74 Å². The lowest BCUT2D eigenvalue weighted by molar-refractivity contribution is 0.102. The van der Waals surface area contributed by atoms with Gasteiger partial charge in [0.15, 0.2) is 0 Å². The first-order valence-electron chi connectivity index (χ1n) is 7.89. The molecule has 122 valence electrons. The van der Waals surface area contributed by atoms with Crippen molar-refractivity contribution in [3.05, 3.63) is 48.3 Å². The number of carbonyl (C=O) groups excluding carboxylic acids is 1. The second-order valence-electron chi connectivity index (χ2n) is 5.29. The molecular formula is C18H23N3O2. The first kappa shape index (κ1) is 16.8. The number of carbonyl (C=O) groups is 1. The Balaban J connectivity index is 2.03. The van der Waals surface area contributed by atoms with Crippen molar-refractivity contribution in [3.63, 3.8) is 0 Å². The zero-order valence-electron chi connectivity index (χ0n) is 13.8. The summed E-state index contributed by atoms with van der Waals surface area (Å²) in [5.41, 5.74) is 1.99. The highest BCUT2D eigenvalue weighted by Gasteiger charge is 2.09. The van der Waals surface area contributed by atoms with Gasteiger partial charge in [-0.2, -0.15) is 0 Å². The second kappa shape index (κ2) is 8.17. The van der Waals surface area contributed by atoms with E-state index < -0.39 is 0 Å². The van der Waals surface area contributed by atoms with Crippen LogP contribution < -0.4 is 15.4 Å². The summed E-state index contributed by atoms with van der Waals surface area (Å²) >= 11 is 0. The number of nitrogens with zero attached hydrogens (tertiary/aromatic N) is 1. The molecule has 1 aromatic heterocycles. The monoisotopic (exact) mass is 313 g/mol. The summed E-state index contributed by atoms with van der Waals surface area (Å²) in [7, 11) is 0. The van der Waals surface area contributed by atoms with E-state index in [0.29, 0.717) is 24.0 Å². The maximum absolute atomic E-state index is 12.3. The first-order chi connectivity index (χ1) is 11.1. The number of pyridine rings is 1. The third kappa shape index (κ3) is 4.98. The van der Waals surface area contributed by atoms with Crippen molar-refractivity contribution >= 4 is 17.3 Å². The van der Waals surface area contributed by atoms with Crippen molar-refractivity contribution in [2.24, 2.45) is 0 Å². The molecule has 0 saturated carbocycles. The van der Waals surface area contributed by atoms with Gasteiger partial charge in [0.1, 0.15) is 11.4 Å². The van der Waals surface area contributed by atoms with Crippen LogP contribution in [-0.2, 0) is 0 Å². The highest BCUT2D eigenvalue weighted by Crippen LogP contribution is 2.17. The Morgan fingerprint density at radius 3 is 2.57 bits per heavy atom. The van der Waals surface area contributed by atoms with Crippen molar-refractivity contribution in [2.75, 3.05) is 17.2 Å². The molecule has 0 bridgehead atoms. The average molecular weight is 313 g/mol. The Labute approximate surface area is 137 Å². The summed E-state index contributed by atoms with van der Waals surface area (Å²) < 4.78 is 5.38. The molecule has 0 aliphatic heterocycles. The average Bonchev–Trinajstić information content (AvgIpc) is 2.57. The van der Waals surface area contributed by atoms with Crippen molar-refractivity contribution in [1.82, 2.24) is 4.98 Å². The van der Waals surface area contributed by atoms with Crippen molar-refractivity contribution in [2.45, 2.75) is 33.2 Å². The molecule has 1 unspecified atom stereocenters. The smallest absolute Gasteiger partial charge is 0.274 e. The maximum Gasteiger partial charge on any atom is 0.274 e. The lowest BCUT2D eigenvalue weighted by atomic mass is 10.2. The lowest BCUT2D eigenvalue weighted by Crippen LogP contribution is -2.16. The van der Waals surface area contributed by atoms with Crippen molar-refractivity contribution in [1.29, 1.82) is 0 Å². The third-order valence-electron chi connectivity index (χ3n) is 3.44. The van der Waals surface area contributed by atoms with E-state index in [1.165, 1.54) is 0 Å². The minimum Gasteiger partial charge on any atom is -0.494 e. The van der Waals surface area contributed by atoms with Gasteiger partial charge in [-0.05, 0) is 56.7 Å². The normalized spacial score (nSPS) is 11.6. The molecule has 0 aliphatic carbocycles. The number of benzene rings is 1. The van der Waals surface area contributed by atoms with E-state index >= 15 is 0 Å². The number of anilines is 2. The van der Waals surface area contributed by atoms with Crippen LogP contribution in [0.25, 0.3) is 0 Å². The van der Waals surface area contributed by atoms with E-state index in [-0.39, 0.29) is 5.91 Å². The predicted octanol–water partition coefficient (Wildman–Crippen LogP) is 3.94. The molecule has 1 heterocycles. The highest BCUT2D eigenvalue weighted by atomic mass is 16.5. The van der Waals surface area contributed by atoms with Gasteiger partial charge in [0.05, 0.1) is 6.61 Å². The van der Waals surface area contributed by atoms with Crippen molar-refractivity contribution < 1.29 is 9.53 Å². The fraction of sp³-hybridized carbons (Fsp3) is 0.333. The van der Waals surface area contributed by atoms with E-state index in [0.717, 1.165) is 17.9 Å². The molecule has 23 heavy (non-hydrogen) atoms. The van der Waals surface area contributed by atoms with Crippen LogP contribution in [0.5, 0.6) is 5.75 Å². The van der Waals surface area contributed by atoms with Gasteiger partial charge in [-0.25, -0.2) is 0 Å². The van der Waals surface area contributed by atoms with Crippen molar-refractivity contribution in [3.8, 4) is 5.75 Å². The molecule has 1 atom stereocenters. The zero-order valence-corrected chi connectivity index (χ0v) is 13.8. The van der Waals surface area contributed by atoms with Crippen LogP contribution in [0.3, 0.4) is 0 Å². The number of ether oxygens (including phenoxy) is 1. The minimum absolute atomic E-state index is 0.234. The number of nitrogens with one attached hydrogen (secondary N) is 2. The second-order valence-corrected chi connectivity index (χ2v) is 5.29. The van der Waals surface area contributed by atoms with Gasteiger partial charge in [0.2, 0.25) is 0 Å². The van der Waals surface area contributed by atoms with Crippen LogP contribution in [0, 0.1) is 0 Å². The number of hydrogen-bond donors (Lipinski definition) is 2. The molecule has 2 N–H and O–H groups in total. The molecule has 0 aliphatic rings. The zero-order chi connectivity index (χ0) is 16.7. The molecule has 5 heteroatoms. The molecule has 2 rings (SSSR count). The molecule has 1 amide bonds. The van der Waals surface area contributed by atoms with Crippen LogP contribution >= 0.6 is 0 Å². The fourth-order valence-electron chi connectivity index (χ4n) is 2.03. The van der Waals surface area contributed by atoms with Gasteiger partial charge < -0.3 is 15.4 Å². The number of aromatic nitrogens is 1. The van der Waals surface area contributed by atoms with E-state index in [9.17, 15) is 4.79 Å². The van der Waals surface area contributed by atoms with Gasteiger partial charge in [0, 0.05) is 23.6 Å². The number of hydrogen-bond acceptors (Lipinski definition) is 4. The summed E-state index contributed by atoms with van der Waals surface area (Å²) in [5, 5.41) is 6.17. The van der Waals surface area contributed by atoms with E-state index in [2.05, 4.69) is 29.5 Å². The summed E-state index contributed by atoms with van der Waals surface area (Å²) in [6.07, 6.45) is 2.65. The van der Waals surface area contributed by atoms with Crippen LogP contribution in [-0.4, -0.2) is 23.5 Å². The van der Waals surface area contributed by atoms with Gasteiger partial charge in [0.25, 0.3) is 5.91 Å². The fourth-order valence-corrected chi connectivity index (χ4v) is 2.03. The largest absolute Gasteiger partial charge is 0.494 e. The van der Waals surface area contributed by atoms with Gasteiger partial charge in [-0.15, -0.1) is 0 Å². The predicted molar refractivity (Wildman–Crippen MR) is 93.2 cm³/mol. The molecule has 0 fully saturated rings. The third-order valence-corrected chi connectivity index (χ3v) is 3.44. The Morgan fingerprint density at radius 1 is 1.17 bits per heavy atom. The standard InChI is InChI=1S/C18H23N3O2/c1-4-13(3)20-15-10-11-19-17(12-15)18(22)21-14-6-8-16(9-7-14)23-5-2/h6-13H,4-5H2,1-3H3,(H,19,20)(H,21,22). The quantitative estimate of drug-likeness (QED) is 0.812. The van der Waals surface area contributed by atoms with Gasteiger partial charge >= 0.3 is 0 Å². The SMILES string of the molecule is CCOc1ccc(NC(=O)c2cc(NC(C)CC)ccn2)cc1. The summed E-state index contributed by atoms with van der Waals surface area (Å²) in [4.78, 5) is 16.4. The topological polar surface area (TPSA) is 63.2 Å². The van der Waals surface area contributed by atoms with Crippen LogP contribution in [0.2, 0.25) is 0 Å². The summed E-state index contributed by atoms with van der Waals surface area (Å²) in [6, 6.07) is 11.2. The van der Waals surface area contributed by atoms with E-state index in [1.54, 1.807) is 12.3 Å². The Bertz CT molecular complexity index is 641. The maximum atomic E-state index is 12.3. The minimum atomic E-state index is -0.234. The molecule has 1 aromatic carbocycles. The summed E-state index contributed by atoms with van der Waals surface area (Å²) in [5.74, 6) is 0.547. The van der Waals surface area contributed by atoms with Crippen LogP contribution in [0.4, 0.5) is 11.4 Å². The molecule has 5 nitrogen and oxygen atoms in total. The van der Waals surface area contributed by atoms with Gasteiger partial charge in [-0.3, -0.25) is 9.78 Å². The number of amides is 1. The molecule has 0 spiro atoms. The Kier molecular flexibility index (Phi) is 5.97. The first-order valence-corrected chi connectivity index (χ1v) is 7.89. The highest BCUT2D eigenvalue weighted by molar-refractivity contribution is 6.03. The van der Waals surface area contributed by atoms with Gasteiger partial charge in [-0.1, -0.05) is 6.92 Å². The Hall–Kier alpha value is -2.56. The van der Waals surface area contributed by atoms with Crippen LogP contribution in [0.1, 0.15) is 37.7 Å². The van der Waals surface area contributed by atoms with E-state index in [1.807, 2.05) is 37.3 Å². The molecule has 2 aromatic rings. The lowest BCUT2D eigenvalue weighted by Gasteiger charge is -2.13. The summed E-state index contributed by atoms with van der Waals surface area (Å²) in [6.45, 7) is 6.76. The number of rotatable bonds is 7. The Morgan fingerprint density at radius 2 is 1.91 bits per heavy atom.